The molecule has 0 amide bonds. The van der Waals surface area contributed by atoms with Crippen LogP contribution in [0.25, 0.3) is 32.7 Å². The predicted molar refractivity (Wildman–Crippen MR) is 111 cm³/mol. The average molecular weight is 338 g/mol. The van der Waals surface area contributed by atoms with E-state index in [4.69, 9.17) is 0 Å². The Kier molecular flexibility index (Phi) is 3.88. The van der Waals surface area contributed by atoms with Crippen LogP contribution in [-0.2, 0) is 10.2 Å². The fourth-order valence-corrected chi connectivity index (χ4v) is 3.72. The number of carbonyl (C=O) groups excluding carboxylic acids is 1. The predicted octanol–water partition coefficient (Wildman–Crippen LogP) is 6.53. The fourth-order valence-electron chi connectivity index (χ4n) is 3.72. The molecule has 0 aliphatic rings. The number of hydrogen-bond donors (Lipinski definition) is 0. The summed E-state index contributed by atoms with van der Waals surface area (Å²) >= 11 is 0. The number of rotatable bonds is 3. The third-order valence-electron chi connectivity index (χ3n) is 5.48. The van der Waals surface area contributed by atoms with Gasteiger partial charge in [-0.15, -0.1) is 0 Å². The number of Topliss-reactive ketones (excluding diaryl/α,β-unsaturated/α-hetero) is 1. The number of carbonyl (C=O) groups is 1. The van der Waals surface area contributed by atoms with E-state index < -0.39 is 5.41 Å². The van der Waals surface area contributed by atoms with Gasteiger partial charge in [-0.05, 0) is 71.1 Å². The van der Waals surface area contributed by atoms with Gasteiger partial charge in [0.15, 0.2) is 0 Å². The molecule has 128 valence electrons. The number of fused-ring (bicyclic) bond motifs is 2. The topological polar surface area (TPSA) is 17.1 Å². The van der Waals surface area contributed by atoms with E-state index in [9.17, 15) is 4.79 Å². The highest BCUT2D eigenvalue weighted by molar-refractivity contribution is 6.05. The second-order valence-electron chi connectivity index (χ2n) is 7.46. The molecule has 0 aromatic heterocycles. The van der Waals surface area contributed by atoms with E-state index in [0.717, 1.165) is 22.1 Å². The summed E-state index contributed by atoms with van der Waals surface area (Å²) in [6.45, 7) is 5.76. The number of benzene rings is 4. The molecule has 0 saturated heterocycles. The molecule has 4 rings (SSSR count). The van der Waals surface area contributed by atoms with Gasteiger partial charge in [-0.1, -0.05) is 66.7 Å². The first kappa shape index (κ1) is 16.5. The van der Waals surface area contributed by atoms with Crippen LogP contribution in [0.1, 0.15) is 26.3 Å². The smallest absolute Gasteiger partial charge is 0.139 e. The van der Waals surface area contributed by atoms with Crippen molar-refractivity contribution in [3.05, 3.63) is 84.4 Å². The second kappa shape index (κ2) is 6.10. The van der Waals surface area contributed by atoms with Crippen molar-refractivity contribution < 1.29 is 4.79 Å². The van der Waals surface area contributed by atoms with Gasteiger partial charge in [-0.25, -0.2) is 0 Å². The fraction of sp³-hybridized carbons (Fsp3) is 0.160. The summed E-state index contributed by atoms with van der Waals surface area (Å²) in [5, 5.41) is 4.75. The molecule has 0 aliphatic carbocycles. The summed E-state index contributed by atoms with van der Waals surface area (Å²) < 4.78 is 0. The van der Waals surface area contributed by atoms with Gasteiger partial charge in [0.05, 0.1) is 0 Å². The van der Waals surface area contributed by atoms with Crippen molar-refractivity contribution in [2.24, 2.45) is 0 Å². The average Bonchev–Trinajstić information content (AvgIpc) is 2.66. The van der Waals surface area contributed by atoms with E-state index in [1.807, 2.05) is 32.0 Å². The van der Waals surface area contributed by atoms with Gasteiger partial charge in [-0.2, -0.15) is 0 Å². The first-order chi connectivity index (χ1) is 12.5. The maximum atomic E-state index is 12.6. The van der Waals surface area contributed by atoms with Crippen molar-refractivity contribution in [2.75, 3.05) is 0 Å². The molecule has 0 heterocycles. The molecular formula is C25H22O. The quantitative estimate of drug-likeness (QED) is 0.388. The van der Waals surface area contributed by atoms with Crippen LogP contribution in [0.4, 0.5) is 0 Å². The molecule has 0 aliphatic heterocycles. The second-order valence-corrected chi connectivity index (χ2v) is 7.46. The molecule has 0 spiro atoms. The van der Waals surface area contributed by atoms with Crippen LogP contribution in [0.15, 0.2) is 78.9 Å². The monoisotopic (exact) mass is 338 g/mol. The Morgan fingerprint density at radius 1 is 0.731 bits per heavy atom. The summed E-state index contributed by atoms with van der Waals surface area (Å²) in [5.74, 6) is 0.176. The lowest BCUT2D eigenvalue weighted by Crippen LogP contribution is -2.27. The van der Waals surface area contributed by atoms with Crippen LogP contribution in [-0.4, -0.2) is 5.78 Å². The van der Waals surface area contributed by atoms with Crippen molar-refractivity contribution in [1.82, 2.24) is 0 Å². The highest BCUT2D eigenvalue weighted by atomic mass is 16.1. The normalized spacial score (nSPS) is 11.8. The highest BCUT2D eigenvalue weighted by Gasteiger charge is 2.31. The zero-order valence-electron chi connectivity index (χ0n) is 15.4. The van der Waals surface area contributed by atoms with Crippen LogP contribution in [0.5, 0.6) is 0 Å². The van der Waals surface area contributed by atoms with Crippen LogP contribution < -0.4 is 0 Å². The highest BCUT2D eigenvalue weighted by Crippen LogP contribution is 2.40. The van der Waals surface area contributed by atoms with Gasteiger partial charge in [-0.3, -0.25) is 4.79 Å². The molecule has 0 unspecified atom stereocenters. The molecule has 4 aromatic rings. The maximum absolute atomic E-state index is 12.6. The van der Waals surface area contributed by atoms with Crippen LogP contribution in [0.3, 0.4) is 0 Å². The zero-order valence-corrected chi connectivity index (χ0v) is 15.4. The number of ketones is 1. The molecule has 0 saturated carbocycles. The lowest BCUT2D eigenvalue weighted by atomic mass is 9.74. The minimum absolute atomic E-state index is 0.176. The minimum Gasteiger partial charge on any atom is -0.299 e. The van der Waals surface area contributed by atoms with E-state index >= 15 is 0 Å². The molecule has 0 fully saturated rings. The third-order valence-corrected chi connectivity index (χ3v) is 5.48. The van der Waals surface area contributed by atoms with Crippen molar-refractivity contribution in [3.8, 4) is 11.1 Å². The van der Waals surface area contributed by atoms with Crippen LogP contribution in [0, 0.1) is 0 Å². The van der Waals surface area contributed by atoms with Crippen molar-refractivity contribution in [3.63, 3.8) is 0 Å². The Hall–Kier alpha value is -2.93. The van der Waals surface area contributed by atoms with Gasteiger partial charge in [0.2, 0.25) is 0 Å². The summed E-state index contributed by atoms with van der Waals surface area (Å²) in [6.07, 6.45) is 0. The Morgan fingerprint density at radius 2 is 1.35 bits per heavy atom. The number of hydrogen-bond acceptors (Lipinski definition) is 1. The molecule has 1 heteroatoms. The Labute approximate surface area is 154 Å². The van der Waals surface area contributed by atoms with Crippen LogP contribution in [0.2, 0.25) is 0 Å². The maximum Gasteiger partial charge on any atom is 0.139 e. The Morgan fingerprint density at radius 3 is 2.00 bits per heavy atom. The molecule has 26 heavy (non-hydrogen) atoms. The summed E-state index contributed by atoms with van der Waals surface area (Å²) in [6, 6.07) is 27.5. The van der Waals surface area contributed by atoms with Gasteiger partial charge < -0.3 is 0 Å². The molecule has 0 bridgehead atoms. The van der Waals surface area contributed by atoms with Crippen molar-refractivity contribution >= 4 is 27.3 Å². The molecule has 4 aromatic carbocycles. The molecule has 0 atom stereocenters. The minimum atomic E-state index is -0.562. The van der Waals surface area contributed by atoms with Crippen molar-refractivity contribution in [2.45, 2.75) is 26.2 Å². The Balaban J connectivity index is 2.15. The first-order valence-corrected chi connectivity index (χ1v) is 9.01. The van der Waals surface area contributed by atoms with E-state index in [-0.39, 0.29) is 5.78 Å². The largest absolute Gasteiger partial charge is 0.299 e. The third kappa shape index (κ3) is 2.61. The summed E-state index contributed by atoms with van der Waals surface area (Å²) in [5.41, 5.74) is 2.83. The molecular weight excluding hydrogens is 316 g/mol. The molecule has 1 nitrogen and oxygen atoms in total. The SMILES string of the molecule is CC(=O)C(C)(C)c1c(-c2ccccc2)ccc2cc3ccccc3cc12. The molecule has 0 N–H and O–H groups in total. The molecule has 0 radical (unpaired) electrons. The Bertz CT molecular complexity index is 1120. The standard InChI is InChI=1S/C25H22O/c1-17(26)25(2,3)24-22(18-9-5-4-6-10-18)14-13-21-15-19-11-7-8-12-20(19)16-23(21)24/h4-16H,1-3H3. The van der Waals surface area contributed by atoms with E-state index in [2.05, 4.69) is 60.7 Å². The summed E-state index contributed by atoms with van der Waals surface area (Å²) in [4.78, 5) is 12.6. The van der Waals surface area contributed by atoms with Gasteiger partial charge >= 0.3 is 0 Å². The van der Waals surface area contributed by atoms with Gasteiger partial charge in [0, 0.05) is 5.41 Å². The van der Waals surface area contributed by atoms with Crippen LogP contribution >= 0.6 is 0 Å². The lowest BCUT2D eigenvalue weighted by Gasteiger charge is -2.27. The van der Waals surface area contributed by atoms with Gasteiger partial charge in [0.1, 0.15) is 5.78 Å². The zero-order chi connectivity index (χ0) is 18.3. The van der Waals surface area contributed by atoms with E-state index in [0.29, 0.717) is 0 Å². The van der Waals surface area contributed by atoms with Gasteiger partial charge in [0.25, 0.3) is 0 Å². The van der Waals surface area contributed by atoms with E-state index in [1.165, 1.54) is 16.2 Å². The lowest BCUT2D eigenvalue weighted by molar-refractivity contribution is -0.121. The first-order valence-electron chi connectivity index (χ1n) is 9.01. The summed E-state index contributed by atoms with van der Waals surface area (Å²) in [7, 11) is 0. The van der Waals surface area contributed by atoms with E-state index in [1.54, 1.807) is 6.92 Å². The van der Waals surface area contributed by atoms with Crippen molar-refractivity contribution in [1.29, 1.82) is 0 Å².